The summed E-state index contributed by atoms with van der Waals surface area (Å²) in [5.74, 6) is -0.555. The van der Waals surface area contributed by atoms with Crippen molar-refractivity contribution >= 4 is 40.9 Å². The van der Waals surface area contributed by atoms with Gasteiger partial charge in [-0.15, -0.1) is 11.6 Å². The van der Waals surface area contributed by atoms with Crippen LogP contribution in [0.2, 0.25) is 0 Å². The van der Waals surface area contributed by atoms with Gasteiger partial charge < -0.3 is 15.4 Å². The number of carbonyl (C=O) groups is 3. The van der Waals surface area contributed by atoms with Crippen LogP contribution < -0.4 is 10.6 Å². The molecule has 7 nitrogen and oxygen atoms in total. The number of carbonyl (C=O) groups excluding carboxylic acids is 3. The maximum absolute atomic E-state index is 13.4. The van der Waals surface area contributed by atoms with Crippen LogP contribution in [0.25, 0.3) is 5.70 Å². The number of esters is 1. The van der Waals surface area contributed by atoms with E-state index in [1.807, 2.05) is 43.3 Å². The lowest BCUT2D eigenvalue weighted by molar-refractivity contribution is -0.139. The van der Waals surface area contributed by atoms with Crippen LogP contribution in [0.15, 0.2) is 60.2 Å². The Labute approximate surface area is 217 Å². The Bertz CT molecular complexity index is 1130. The van der Waals surface area contributed by atoms with E-state index in [1.165, 1.54) is 0 Å². The molecular weight excluding hydrogens is 478 g/mol. The van der Waals surface area contributed by atoms with E-state index in [0.717, 1.165) is 18.4 Å². The van der Waals surface area contributed by atoms with Crippen LogP contribution in [0.5, 0.6) is 0 Å². The van der Waals surface area contributed by atoms with Gasteiger partial charge in [0.05, 0.1) is 29.3 Å². The number of hydrogen-bond acceptors (Lipinski definition) is 4. The van der Waals surface area contributed by atoms with Crippen molar-refractivity contribution in [1.82, 2.24) is 10.2 Å². The molecule has 0 radical (unpaired) electrons. The lowest BCUT2D eigenvalue weighted by Crippen LogP contribution is -2.48. The van der Waals surface area contributed by atoms with E-state index in [1.54, 1.807) is 43.9 Å². The summed E-state index contributed by atoms with van der Waals surface area (Å²) in [6, 6.07) is 15.5. The number of hydrogen-bond donors (Lipinski definition) is 2. The molecular formula is C28H34ClN3O4. The zero-order valence-electron chi connectivity index (χ0n) is 21.3. The number of halogens is 1. The predicted octanol–water partition coefficient (Wildman–Crippen LogP) is 5.73. The van der Waals surface area contributed by atoms with Crippen LogP contribution in [0.4, 0.5) is 10.5 Å². The molecule has 2 aromatic rings. The number of amides is 3. The first kappa shape index (κ1) is 27.3. The van der Waals surface area contributed by atoms with Crippen LogP contribution >= 0.6 is 11.6 Å². The summed E-state index contributed by atoms with van der Waals surface area (Å²) in [5.41, 5.74) is 2.08. The van der Waals surface area contributed by atoms with Gasteiger partial charge in [0.2, 0.25) is 5.91 Å². The number of unbranched alkanes of at least 4 members (excludes halogenated alkanes) is 1. The predicted molar refractivity (Wildman–Crippen MR) is 142 cm³/mol. The summed E-state index contributed by atoms with van der Waals surface area (Å²) in [7, 11) is 0. The second-order valence-corrected chi connectivity index (χ2v) is 9.60. The number of ether oxygens (including phenoxy) is 1. The van der Waals surface area contributed by atoms with E-state index < -0.39 is 17.4 Å². The fraction of sp³-hybridized carbons (Fsp3) is 0.393. The van der Waals surface area contributed by atoms with Gasteiger partial charge in [-0.05, 0) is 50.5 Å². The lowest BCUT2D eigenvalue weighted by Gasteiger charge is -2.37. The second kappa shape index (κ2) is 12.1. The first-order chi connectivity index (χ1) is 17.2. The maximum Gasteiger partial charge on any atom is 0.338 e. The van der Waals surface area contributed by atoms with E-state index in [4.69, 9.17) is 16.3 Å². The topological polar surface area (TPSA) is 87.7 Å². The lowest BCUT2D eigenvalue weighted by atomic mass is 9.91. The van der Waals surface area contributed by atoms with E-state index in [2.05, 4.69) is 10.6 Å². The van der Waals surface area contributed by atoms with Crippen molar-refractivity contribution in [3.05, 3.63) is 71.3 Å². The van der Waals surface area contributed by atoms with Crippen molar-refractivity contribution in [1.29, 1.82) is 0 Å². The number of nitrogens with one attached hydrogen (secondary N) is 2. The highest BCUT2D eigenvalue weighted by atomic mass is 35.5. The normalized spacial score (nSPS) is 16.0. The maximum atomic E-state index is 13.4. The highest BCUT2D eigenvalue weighted by Crippen LogP contribution is 2.37. The molecule has 0 aliphatic carbocycles. The molecule has 2 aromatic carbocycles. The van der Waals surface area contributed by atoms with Gasteiger partial charge >= 0.3 is 12.0 Å². The third-order valence-corrected chi connectivity index (χ3v) is 6.70. The number of rotatable bonds is 10. The molecule has 1 aliphatic rings. The molecule has 0 aromatic heterocycles. The Morgan fingerprint density at radius 1 is 1.11 bits per heavy atom. The largest absolute Gasteiger partial charge is 0.463 e. The minimum Gasteiger partial charge on any atom is -0.463 e. The third kappa shape index (κ3) is 6.08. The average molecular weight is 512 g/mol. The van der Waals surface area contributed by atoms with Gasteiger partial charge in [-0.1, -0.05) is 55.8 Å². The van der Waals surface area contributed by atoms with Crippen LogP contribution in [0.1, 0.15) is 57.7 Å². The zero-order chi connectivity index (χ0) is 26.3. The van der Waals surface area contributed by atoms with Gasteiger partial charge in [0.25, 0.3) is 0 Å². The number of anilines is 1. The number of nitrogens with zero attached hydrogens (tertiary/aromatic N) is 1. The molecule has 0 saturated heterocycles. The highest BCUT2D eigenvalue weighted by Gasteiger charge is 2.39. The standard InChI is InChI=1S/C28H34ClN3O4/c1-5-7-16-32-24(19-12-9-8-10-13-19)22(25(33)36-6-2)23(31-27(32)35)20-14-11-15-21(17-20)30-26(34)28(3,4)18-29/h8-15,17,23H,5-7,16,18H2,1-4H3,(H,30,34)(H,31,35). The van der Waals surface area contributed by atoms with Gasteiger partial charge in [0.1, 0.15) is 0 Å². The Kier molecular flexibility index (Phi) is 9.15. The molecule has 36 heavy (non-hydrogen) atoms. The van der Waals surface area contributed by atoms with Crippen LogP contribution in [-0.4, -0.2) is 41.8 Å². The van der Waals surface area contributed by atoms with Crippen molar-refractivity contribution in [3.63, 3.8) is 0 Å². The molecule has 3 amide bonds. The first-order valence-corrected chi connectivity index (χ1v) is 12.8. The molecule has 2 N–H and O–H groups in total. The summed E-state index contributed by atoms with van der Waals surface area (Å²) in [4.78, 5) is 41.1. The van der Waals surface area contributed by atoms with Crippen molar-refractivity contribution in [2.45, 2.75) is 46.6 Å². The molecule has 0 fully saturated rings. The fourth-order valence-corrected chi connectivity index (χ4v) is 4.05. The van der Waals surface area contributed by atoms with E-state index >= 15 is 0 Å². The second-order valence-electron chi connectivity index (χ2n) is 9.33. The molecule has 1 heterocycles. The zero-order valence-corrected chi connectivity index (χ0v) is 22.0. The molecule has 192 valence electrons. The number of benzene rings is 2. The Morgan fingerprint density at radius 2 is 1.83 bits per heavy atom. The third-order valence-electron chi connectivity index (χ3n) is 6.03. The van der Waals surface area contributed by atoms with E-state index in [9.17, 15) is 14.4 Å². The van der Waals surface area contributed by atoms with Gasteiger partial charge in [-0.3, -0.25) is 9.69 Å². The molecule has 1 unspecified atom stereocenters. The van der Waals surface area contributed by atoms with Crippen LogP contribution in [0.3, 0.4) is 0 Å². The Morgan fingerprint density at radius 3 is 2.47 bits per heavy atom. The van der Waals surface area contributed by atoms with Crippen LogP contribution in [-0.2, 0) is 14.3 Å². The van der Waals surface area contributed by atoms with Crippen LogP contribution in [0, 0.1) is 5.41 Å². The Hall–Kier alpha value is -3.32. The monoisotopic (exact) mass is 511 g/mol. The molecule has 1 aliphatic heterocycles. The first-order valence-electron chi connectivity index (χ1n) is 12.3. The quantitative estimate of drug-likeness (QED) is 0.315. The minimum atomic E-state index is -0.762. The Balaban J connectivity index is 2.15. The van der Waals surface area contributed by atoms with E-state index in [-0.39, 0.29) is 24.4 Å². The summed E-state index contributed by atoms with van der Waals surface area (Å²) in [6.07, 6.45) is 1.67. The molecule has 3 rings (SSSR count). The summed E-state index contributed by atoms with van der Waals surface area (Å²) in [5, 5.41) is 5.89. The smallest absolute Gasteiger partial charge is 0.338 e. The van der Waals surface area contributed by atoms with Gasteiger partial charge in [-0.25, -0.2) is 9.59 Å². The van der Waals surface area contributed by atoms with Gasteiger partial charge in [0.15, 0.2) is 0 Å². The van der Waals surface area contributed by atoms with Crippen molar-refractivity contribution in [2.75, 3.05) is 24.3 Å². The van der Waals surface area contributed by atoms with Gasteiger partial charge in [0, 0.05) is 18.1 Å². The molecule has 0 saturated carbocycles. The molecule has 0 bridgehead atoms. The highest BCUT2D eigenvalue weighted by molar-refractivity contribution is 6.20. The summed E-state index contributed by atoms with van der Waals surface area (Å²) < 4.78 is 5.47. The van der Waals surface area contributed by atoms with Gasteiger partial charge in [-0.2, -0.15) is 0 Å². The molecule has 8 heteroatoms. The average Bonchev–Trinajstić information content (AvgIpc) is 2.88. The number of alkyl halides is 1. The summed E-state index contributed by atoms with van der Waals surface area (Å²) >= 11 is 5.96. The number of urea groups is 1. The van der Waals surface area contributed by atoms with E-state index in [0.29, 0.717) is 29.1 Å². The SMILES string of the molecule is CCCCN1C(=O)NC(c2cccc(NC(=O)C(C)(C)CCl)c2)C(C(=O)OCC)=C1c1ccccc1. The minimum absolute atomic E-state index is 0.168. The van der Waals surface area contributed by atoms with Crippen molar-refractivity contribution in [2.24, 2.45) is 5.41 Å². The fourth-order valence-electron chi connectivity index (χ4n) is 3.92. The summed E-state index contributed by atoms with van der Waals surface area (Å²) in [6.45, 7) is 7.99. The molecule has 1 atom stereocenters. The van der Waals surface area contributed by atoms with Crippen molar-refractivity contribution in [3.8, 4) is 0 Å². The van der Waals surface area contributed by atoms with Crippen molar-refractivity contribution < 1.29 is 19.1 Å². The molecule has 0 spiro atoms.